The molecule has 0 amide bonds. The van der Waals surface area contributed by atoms with Crippen LogP contribution in [0.1, 0.15) is 98.4 Å². The van der Waals surface area contributed by atoms with Gasteiger partial charge < -0.3 is 0 Å². The number of aryl methyl sites for hydroxylation is 2. The fourth-order valence-corrected chi connectivity index (χ4v) is 5.95. The van der Waals surface area contributed by atoms with Crippen molar-refractivity contribution in [3.63, 3.8) is 0 Å². The summed E-state index contributed by atoms with van der Waals surface area (Å²) < 4.78 is 2.50. The highest BCUT2D eigenvalue weighted by molar-refractivity contribution is 5.64. The average molecular weight is 413 g/mol. The van der Waals surface area contributed by atoms with E-state index in [1.807, 2.05) is 0 Å². The number of hydrogen-bond donors (Lipinski definition) is 0. The summed E-state index contributed by atoms with van der Waals surface area (Å²) in [5.41, 5.74) is 8.35. The lowest BCUT2D eigenvalue weighted by Crippen LogP contribution is -2.15. The van der Waals surface area contributed by atoms with Gasteiger partial charge >= 0.3 is 0 Å². The number of hydrogen-bond acceptors (Lipinski definition) is 1. The molecular formula is C29H36N2. The summed E-state index contributed by atoms with van der Waals surface area (Å²) in [4.78, 5) is 4.93. The van der Waals surface area contributed by atoms with Crippen LogP contribution in [-0.2, 0) is 0 Å². The van der Waals surface area contributed by atoms with Crippen molar-refractivity contribution in [1.29, 1.82) is 0 Å². The van der Waals surface area contributed by atoms with Gasteiger partial charge in [0.1, 0.15) is 5.82 Å². The van der Waals surface area contributed by atoms with E-state index < -0.39 is 0 Å². The van der Waals surface area contributed by atoms with Crippen LogP contribution in [0.3, 0.4) is 0 Å². The van der Waals surface area contributed by atoms with Gasteiger partial charge in [0.05, 0.1) is 5.69 Å². The van der Waals surface area contributed by atoms with Crippen LogP contribution in [0, 0.1) is 13.8 Å². The van der Waals surface area contributed by atoms with Crippen LogP contribution < -0.4 is 0 Å². The van der Waals surface area contributed by atoms with Crippen LogP contribution in [0.25, 0.3) is 17.1 Å². The Morgan fingerprint density at radius 3 is 1.81 bits per heavy atom. The maximum atomic E-state index is 4.93. The average Bonchev–Trinajstić information content (AvgIpc) is 3.21. The molecule has 31 heavy (non-hydrogen) atoms. The standard InChI is InChI=1S/C29H36N2/c1-21-16-18-25(19-17-21)29-30-20-22(2)31(29)28-26(23-10-5-3-6-11-23)14-9-15-27(28)24-12-7-4-8-13-24/h9,14-20,23-24H,3-8,10-13H2,1-2H3. The molecule has 0 radical (unpaired) electrons. The summed E-state index contributed by atoms with van der Waals surface area (Å²) in [6.45, 7) is 4.38. The van der Waals surface area contributed by atoms with Gasteiger partial charge in [0.15, 0.2) is 0 Å². The van der Waals surface area contributed by atoms with Gasteiger partial charge in [-0.2, -0.15) is 0 Å². The summed E-state index contributed by atoms with van der Waals surface area (Å²) in [6.07, 6.45) is 15.6. The zero-order valence-electron chi connectivity index (χ0n) is 19.2. The van der Waals surface area contributed by atoms with Gasteiger partial charge in [0.2, 0.25) is 0 Å². The first-order valence-electron chi connectivity index (χ1n) is 12.5. The molecule has 0 unspecified atom stereocenters. The molecule has 0 atom stereocenters. The van der Waals surface area contributed by atoms with Crippen molar-refractivity contribution in [3.05, 3.63) is 71.0 Å². The summed E-state index contributed by atoms with van der Waals surface area (Å²) in [7, 11) is 0. The van der Waals surface area contributed by atoms with Crippen LogP contribution in [0.5, 0.6) is 0 Å². The first-order chi connectivity index (χ1) is 15.2. The second kappa shape index (κ2) is 9.02. The van der Waals surface area contributed by atoms with E-state index in [0.29, 0.717) is 11.8 Å². The van der Waals surface area contributed by atoms with Crippen molar-refractivity contribution >= 4 is 0 Å². The largest absolute Gasteiger partial charge is 0.296 e. The fourth-order valence-electron chi connectivity index (χ4n) is 5.95. The van der Waals surface area contributed by atoms with E-state index in [0.717, 1.165) is 5.82 Å². The van der Waals surface area contributed by atoms with E-state index >= 15 is 0 Å². The molecule has 0 saturated heterocycles. The topological polar surface area (TPSA) is 17.8 Å². The lowest BCUT2D eigenvalue weighted by Gasteiger charge is -2.31. The van der Waals surface area contributed by atoms with Crippen LogP contribution in [-0.4, -0.2) is 9.55 Å². The second-order valence-corrected chi connectivity index (χ2v) is 9.88. The third-order valence-electron chi connectivity index (χ3n) is 7.66. The van der Waals surface area contributed by atoms with Crippen molar-refractivity contribution < 1.29 is 0 Å². The normalized spacial score (nSPS) is 18.4. The molecule has 162 valence electrons. The quantitative estimate of drug-likeness (QED) is 0.422. The number of nitrogens with zero attached hydrogens (tertiary/aromatic N) is 2. The van der Waals surface area contributed by atoms with Crippen molar-refractivity contribution in [1.82, 2.24) is 9.55 Å². The fraction of sp³-hybridized carbons (Fsp3) is 0.483. The summed E-state index contributed by atoms with van der Waals surface area (Å²) in [5, 5.41) is 0. The maximum absolute atomic E-state index is 4.93. The molecule has 0 spiro atoms. The Morgan fingerprint density at radius 1 is 0.710 bits per heavy atom. The molecule has 1 aromatic heterocycles. The molecule has 1 heterocycles. The molecule has 5 rings (SSSR count). The Balaban J connectivity index is 1.70. The third-order valence-corrected chi connectivity index (χ3v) is 7.66. The summed E-state index contributed by atoms with van der Waals surface area (Å²) >= 11 is 0. The molecule has 2 aliphatic carbocycles. The number of para-hydroxylation sites is 1. The first-order valence-corrected chi connectivity index (χ1v) is 12.5. The predicted molar refractivity (Wildman–Crippen MR) is 130 cm³/mol. The lowest BCUT2D eigenvalue weighted by molar-refractivity contribution is 0.434. The molecule has 0 aliphatic heterocycles. The Labute approximate surface area is 187 Å². The van der Waals surface area contributed by atoms with Crippen LogP contribution >= 0.6 is 0 Å². The smallest absolute Gasteiger partial charge is 0.144 e. The number of aromatic nitrogens is 2. The van der Waals surface area contributed by atoms with Crippen LogP contribution in [0.15, 0.2) is 48.7 Å². The molecule has 2 fully saturated rings. The maximum Gasteiger partial charge on any atom is 0.144 e. The van der Waals surface area contributed by atoms with Gasteiger partial charge in [-0.1, -0.05) is 86.6 Å². The number of rotatable bonds is 4. The number of imidazole rings is 1. The number of benzene rings is 2. The highest BCUT2D eigenvalue weighted by Crippen LogP contribution is 2.43. The summed E-state index contributed by atoms with van der Waals surface area (Å²) in [6, 6.07) is 16.1. The Kier molecular flexibility index (Phi) is 5.98. The van der Waals surface area contributed by atoms with Gasteiger partial charge in [0.25, 0.3) is 0 Å². The summed E-state index contributed by atoms with van der Waals surface area (Å²) in [5.74, 6) is 2.46. The van der Waals surface area contributed by atoms with Crippen molar-refractivity contribution in [2.45, 2.75) is 89.9 Å². The Bertz CT molecular complexity index is 979. The molecule has 0 N–H and O–H groups in total. The molecular weight excluding hydrogens is 376 g/mol. The van der Waals surface area contributed by atoms with Crippen LogP contribution in [0.2, 0.25) is 0 Å². The van der Waals surface area contributed by atoms with Crippen molar-refractivity contribution in [2.75, 3.05) is 0 Å². The minimum absolute atomic E-state index is 0.681. The van der Waals surface area contributed by atoms with Crippen molar-refractivity contribution in [3.8, 4) is 17.1 Å². The molecule has 2 nitrogen and oxygen atoms in total. The SMILES string of the molecule is Cc1ccc(-c2ncc(C)n2-c2c(C3CCCCC3)cccc2C2CCCCC2)cc1. The Hall–Kier alpha value is -2.35. The minimum atomic E-state index is 0.681. The lowest BCUT2D eigenvalue weighted by atomic mass is 9.78. The van der Waals surface area contributed by atoms with E-state index in [4.69, 9.17) is 4.98 Å². The minimum Gasteiger partial charge on any atom is -0.296 e. The van der Waals surface area contributed by atoms with Gasteiger partial charge in [-0.15, -0.1) is 0 Å². The molecule has 2 aromatic carbocycles. The predicted octanol–water partition coefficient (Wildman–Crippen LogP) is 8.25. The molecule has 3 aromatic rings. The van der Waals surface area contributed by atoms with E-state index in [2.05, 4.69) is 67.1 Å². The zero-order chi connectivity index (χ0) is 21.2. The Morgan fingerprint density at radius 2 is 1.26 bits per heavy atom. The van der Waals surface area contributed by atoms with Gasteiger partial charge in [-0.3, -0.25) is 4.57 Å². The first kappa shape index (κ1) is 20.5. The second-order valence-electron chi connectivity index (χ2n) is 9.88. The van der Waals surface area contributed by atoms with E-state index in [9.17, 15) is 0 Å². The molecule has 0 bridgehead atoms. The molecule has 2 aliphatic rings. The van der Waals surface area contributed by atoms with Gasteiger partial charge in [0, 0.05) is 17.5 Å². The van der Waals surface area contributed by atoms with Crippen molar-refractivity contribution in [2.24, 2.45) is 0 Å². The zero-order valence-corrected chi connectivity index (χ0v) is 19.2. The monoisotopic (exact) mass is 412 g/mol. The highest BCUT2D eigenvalue weighted by atomic mass is 15.1. The molecule has 2 saturated carbocycles. The van der Waals surface area contributed by atoms with Gasteiger partial charge in [-0.05, 0) is 62.5 Å². The third kappa shape index (κ3) is 4.10. The van der Waals surface area contributed by atoms with E-state index in [1.54, 1.807) is 11.1 Å². The highest BCUT2D eigenvalue weighted by Gasteiger charge is 2.27. The van der Waals surface area contributed by atoms with Gasteiger partial charge in [-0.25, -0.2) is 4.98 Å². The van der Waals surface area contributed by atoms with Crippen LogP contribution in [0.4, 0.5) is 0 Å². The van der Waals surface area contributed by atoms with E-state index in [-0.39, 0.29) is 0 Å². The molecule has 2 heteroatoms. The van der Waals surface area contributed by atoms with E-state index in [1.165, 1.54) is 86.7 Å².